The van der Waals surface area contributed by atoms with Gasteiger partial charge in [0.05, 0.1) is 0 Å². The first-order valence-corrected chi connectivity index (χ1v) is 7.16. The van der Waals surface area contributed by atoms with E-state index in [-0.39, 0.29) is 17.6 Å². The van der Waals surface area contributed by atoms with Crippen molar-refractivity contribution in [2.75, 3.05) is 16.8 Å². The van der Waals surface area contributed by atoms with Crippen molar-refractivity contribution in [3.05, 3.63) is 29.6 Å². The zero-order valence-corrected chi connectivity index (χ0v) is 11.3. The van der Waals surface area contributed by atoms with E-state index in [1.807, 2.05) is 0 Å². The Morgan fingerprint density at radius 1 is 1.53 bits per heavy atom. The highest BCUT2D eigenvalue weighted by Gasteiger charge is 2.23. The molecule has 0 aliphatic carbocycles. The van der Waals surface area contributed by atoms with Crippen LogP contribution in [-0.4, -0.2) is 29.4 Å². The summed E-state index contributed by atoms with van der Waals surface area (Å²) in [6.45, 7) is 1.66. The van der Waals surface area contributed by atoms with Crippen LogP contribution in [-0.2, 0) is 9.59 Å². The van der Waals surface area contributed by atoms with Crippen molar-refractivity contribution in [1.29, 1.82) is 0 Å². The van der Waals surface area contributed by atoms with Crippen LogP contribution < -0.4 is 10.6 Å². The zero-order chi connectivity index (χ0) is 13.8. The second-order valence-corrected chi connectivity index (χ2v) is 5.55. The SMILES string of the molecule is Cc1ccc(NC(=O)[C@@H]2CSCCC(=O)N2)cc1F. The molecule has 0 saturated carbocycles. The molecule has 6 heteroatoms. The van der Waals surface area contributed by atoms with Crippen LogP contribution in [0.1, 0.15) is 12.0 Å². The Morgan fingerprint density at radius 2 is 2.32 bits per heavy atom. The summed E-state index contributed by atoms with van der Waals surface area (Å²) in [4.78, 5) is 23.4. The Kier molecular flexibility index (Phi) is 4.42. The highest BCUT2D eigenvalue weighted by atomic mass is 32.2. The summed E-state index contributed by atoms with van der Waals surface area (Å²) in [5, 5.41) is 5.28. The lowest BCUT2D eigenvalue weighted by atomic mass is 10.2. The van der Waals surface area contributed by atoms with Crippen LogP contribution >= 0.6 is 11.8 Å². The lowest BCUT2D eigenvalue weighted by Gasteiger charge is -2.15. The predicted octanol–water partition coefficient (Wildman–Crippen LogP) is 1.69. The second kappa shape index (κ2) is 6.06. The molecule has 0 bridgehead atoms. The van der Waals surface area contributed by atoms with Crippen LogP contribution in [0, 0.1) is 12.7 Å². The Hall–Kier alpha value is -1.56. The molecular formula is C13H15FN2O2S. The third kappa shape index (κ3) is 3.70. The Balaban J connectivity index is 2.03. The normalized spacial score (nSPS) is 19.5. The largest absolute Gasteiger partial charge is 0.343 e. The van der Waals surface area contributed by atoms with Crippen LogP contribution in [0.2, 0.25) is 0 Å². The first-order valence-electron chi connectivity index (χ1n) is 6.00. The number of halogens is 1. The van der Waals surface area contributed by atoms with E-state index in [2.05, 4.69) is 10.6 Å². The van der Waals surface area contributed by atoms with Gasteiger partial charge in [-0.05, 0) is 24.6 Å². The highest BCUT2D eigenvalue weighted by molar-refractivity contribution is 7.99. The summed E-state index contributed by atoms with van der Waals surface area (Å²) in [6.07, 6.45) is 0.424. The Bertz CT molecular complexity index is 507. The number of thioether (sulfide) groups is 1. The molecule has 1 heterocycles. The topological polar surface area (TPSA) is 58.2 Å². The lowest BCUT2D eigenvalue weighted by molar-refractivity contribution is -0.125. The summed E-state index contributed by atoms with van der Waals surface area (Å²) < 4.78 is 13.4. The number of amides is 2. The number of carbonyl (C=O) groups excluding carboxylic acids is 2. The molecule has 1 fully saturated rings. The van der Waals surface area contributed by atoms with Crippen LogP contribution in [0.15, 0.2) is 18.2 Å². The number of nitrogens with one attached hydrogen (secondary N) is 2. The monoisotopic (exact) mass is 282 g/mol. The Morgan fingerprint density at radius 3 is 3.05 bits per heavy atom. The van der Waals surface area contributed by atoms with Gasteiger partial charge in [-0.1, -0.05) is 6.07 Å². The van der Waals surface area contributed by atoms with Gasteiger partial charge in [-0.25, -0.2) is 4.39 Å². The van der Waals surface area contributed by atoms with Crippen LogP contribution in [0.25, 0.3) is 0 Å². The number of carbonyl (C=O) groups is 2. The molecule has 4 nitrogen and oxygen atoms in total. The molecule has 1 aliphatic heterocycles. The van der Waals surface area contributed by atoms with Crippen molar-refractivity contribution in [2.45, 2.75) is 19.4 Å². The quantitative estimate of drug-likeness (QED) is 0.868. The summed E-state index contributed by atoms with van der Waals surface area (Å²) in [6, 6.07) is 3.95. The number of hydrogen-bond acceptors (Lipinski definition) is 3. The van der Waals surface area contributed by atoms with Crippen molar-refractivity contribution in [2.24, 2.45) is 0 Å². The maximum absolute atomic E-state index is 13.4. The molecule has 2 N–H and O–H groups in total. The third-order valence-electron chi connectivity index (χ3n) is 2.85. The summed E-state index contributed by atoms with van der Waals surface area (Å²) in [5.41, 5.74) is 0.924. The molecule has 1 saturated heterocycles. The first-order chi connectivity index (χ1) is 9.06. The fourth-order valence-electron chi connectivity index (χ4n) is 1.72. The van der Waals surface area contributed by atoms with Gasteiger partial charge in [0.1, 0.15) is 11.9 Å². The van der Waals surface area contributed by atoms with Gasteiger partial charge in [-0.15, -0.1) is 0 Å². The molecule has 102 valence electrons. The van der Waals surface area contributed by atoms with Crippen molar-refractivity contribution in [1.82, 2.24) is 5.32 Å². The fourth-order valence-corrected chi connectivity index (χ4v) is 2.68. The molecular weight excluding hydrogens is 267 g/mol. The third-order valence-corrected chi connectivity index (χ3v) is 3.91. The van der Waals surface area contributed by atoms with Gasteiger partial charge in [0.25, 0.3) is 0 Å². The van der Waals surface area contributed by atoms with E-state index in [9.17, 15) is 14.0 Å². The van der Waals surface area contributed by atoms with E-state index in [1.165, 1.54) is 6.07 Å². The van der Waals surface area contributed by atoms with Gasteiger partial charge in [0.2, 0.25) is 11.8 Å². The van der Waals surface area contributed by atoms with E-state index in [0.717, 1.165) is 5.75 Å². The number of benzene rings is 1. The molecule has 1 atom stereocenters. The minimum Gasteiger partial charge on any atom is -0.343 e. The molecule has 2 amide bonds. The van der Waals surface area contributed by atoms with E-state index in [4.69, 9.17) is 0 Å². The van der Waals surface area contributed by atoms with Gasteiger partial charge in [0.15, 0.2) is 0 Å². The maximum atomic E-state index is 13.4. The van der Waals surface area contributed by atoms with Gasteiger partial charge in [-0.2, -0.15) is 11.8 Å². The molecule has 19 heavy (non-hydrogen) atoms. The molecule has 0 unspecified atom stereocenters. The molecule has 1 aromatic rings. The number of anilines is 1. The summed E-state index contributed by atoms with van der Waals surface area (Å²) in [7, 11) is 0. The van der Waals surface area contributed by atoms with Gasteiger partial charge in [-0.3, -0.25) is 9.59 Å². The number of rotatable bonds is 2. The van der Waals surface area contributed by atoms with E-state index in [0.29, 0.717) is 23.4 Å². The number of aryl methyl sites for hydroxylation is 1. The van der Waals surface area contributed by atoms with E-state index < -0.39 is 6.04 Å². The van der Waals surface area contributed by atoms with Crippen LogP contribution in [0.3, 0.4) is 0 Å². The van der Waals surface area contributed by atoms with Crippen molar-refractivity contribution >= 4 is 29.3 Å². The van der Waals surface area contributed by atoms with Crippen molar-refractivity contribution < 1.29 is 14.0 Å². The minimum atomic E-state index is -0.565. The maximum Gasteiger partial charge on any atom is 0.247 e. The van der Waals surface area contributed by atoms with Crippen molar-refractivity contribution in [3.8, 4) is 0 Å². The first kappa shape index (κ1) is 13.9. The second-order valence-electron chi connectivity index (χ2n) is 4.40. The smallest absolute Gasteiger partial charge is 0.247 e. The van der Waals surface area contributed by atoms with Crippen molar-refractivity contribution in [3.63, 3.8) is 0 Å². The average Bonchev–Trinajstić information content (AvgIpc) is 2.58. The molecule has 0 spiro atoms. The zero-order valence-electron chi connectivity index (χ0n) is 10.5. The van der Waals surface area contributed by atoms with Gasteiger partial charge < -0.3 is 10.6 Å². The summed E-state index contributed by atoms with van der Waals surface area (Å²) >= 11 is 1.55. The lowest BCUT2D eigenvalue weighted by Crippen LogP contribution is -2.44. The summed E-state index contributed by atoms with van der Waals surface area (Å²) in [5.74, 6) is 0.448. The Labute approximate surface area is 115 Å². The van der Waals surface area contributed by atoms with E-state index in [1.54, 1.807) is 30.8 Å². The van der Waals surface area contributed by atoms with Gasteiger partial charge >= 0.3 is 0 Å². The van der Waals surface area contributed by atoms with Gasteiger partial charge in [0, 0.05) is 23.6 Å². The van der Waals surface area contributed by atoms with E-state index >= 15 is 0 Å². The standard InChI is InChI=1S/C13H15FN2O2S/c1-8-2-3-9(6-10(8)14)15-13(18)11-7-19-5-4-12(17)16-11/h2-3,6,11H,4-5,7H2,1H3,(H,15,18)(H,16,17)/t11-/m0/s1. The molecule has 0 aromatic heterocycles. The minimum absolute atomic E-state index is 0.125. The molecule has 1 aliphatic rings. The number of hydrogen-bond donors (Lipinski definition) is 2. The average molecular weight is 282 g/mol. The molecule has 1 aromatic carbocycles. The van der Waals surface area contributed by atoms with Crippen LogP contribution in [0.4, 0.5) is 10.1 Å². The molecule has 0 radical (unpaired) electrons. The molecule has 2 rings (SSSR count). The highest BCUT2D eigenvalue weighted by Crippen LogP contribution is 2.15. The fraction of sp³-hybridized carbons (Fsp3) is 0.385. The predicted molar refractivity (Wildman–Crippen MR) is 73.6 cm³/mol. The van der Waals surface area contributed by atoms with Crippen LogP contribution in [0.5, 0.6) is 0 Å².